The Kier molecular flexibility index (Phi) is 5.21. The number of hydrogen-bond acceptors (Lipinski definition) is 4. The summed E-state index contributed by atoms with van der Waals surface area (Å²) in [4.78, 5) is 11.9. The summed E-state index contributed by atoms with van der Waals surface area (Å²) in [6.07, 6.45) is 3.60. The molecule has 1 fully saturated rings. The normalized spacial score (nSPS) is 36.9. The van der Waals surface area contributed by atoms with Gasteiger partial charge in [0.25, 0.3) is 0 Å². The van der Waals surface area contributed by atoms with Gasteiger partial charge in [-0.05, 0) is 38.2 Å². The van der Waals surface area contributed by atoms with E-state index >= 15 is 0 Å². The number of methoxy groups -OCH3 is 1. The van der Waals surface area contributed by atoms with Crippen LogP contribution in [0.25, 0.3) is 0 Å². The van der Waals surface area contributed by atoms with Crippen molar-refractivity contribution in [2.24, 2.45) is 17.8 Å². The van der Waals surface area contributed by atoms with Crippen LogP contribution in [0.3, 0.4) is 0 Å². The molecule has 0 N–H and O–H groups in total. The largest absolute Gasteiger partial charge is 0.469 e. The van der Waals surface area contributed by atoms with Gasteiger partial charge in [-0.25, -0.2) is 0 Å². The fraction of sp³-hybridized carbons (Fsp3) is 0.833. The Balaban J connectivity index is 2.24. The molecule has 1 spiro atoms. The maximum Gasteiger partial charge on any atom is 0.311 e. The highest BCUT2D eigenvalue weighted by Crippen LogP contribution is 2.47. The molecule has 0 aromatic carbocycles. The van der Waals surface area contributed by atoms with Crippen molar-refractivity contribution >= 4 is 5.97 Å². The summed E-state index contributed by atoms with van der Waals surface area (Å²) >= 11 is 0. The smallest absolute Gasteiger partial charge is 0.311 e. The molecule has 1 saturated heterocycles. The molecule has 0 aromatic heterocycles. The highest BCUT2D eigenvalue weighted by atomic mass is 16.7. The topological polar surface area (TPSA) is 44.8 Å². The van der Waals surface area contributed by atoms with Gasteiger partial charge in [-0.2, -0.15) is 0 Å². The van der Waals surface area contributed by atoms with Gasteiger partial charge in [-0.3, -0.25) is 4.79 Å². The minimum atomic E-state index is -0.579. The zero-order valence-corrected chi connectivity index (χ0v) is 14.8. The second kappa shape index (κ2) is 6.61. The summed E-state index contributed by atoms with van der Waals surface area (Å²) in [7, 11) is 1.43. The summed E-state index contributed by atoms with van der Waals surface area (Å²) in [5, 5.41) is 0. The highest BCUT2D eigenvalue weighted by molar-refractivity contribution is 5.72. The van der Waals surface area contributed by atoms with Crippen molar-refractivity contribution in [2.45, 2.75) is 72.2 Å². The van der Waals surface area contributed by atoms with Gasteiger partial charge in [0.1, 0.15) is 0 Å². The van der Waals surface area contributed by atoms with Crippen molar-refractivity contribution in [1.29, 1.82) is 0 Å². The first-order chi connectivity index (χ1) is 10.3. The molecular weight excluding hydrogens is 280 g/mol. The van der Waals surface area contributed by atoms with Crippen LogP contribution in [0.4, 0.5) is 0 Å². The van der Waals surface area contributed by atoms with Crippen LogP contribution in [0.2, 0.25) is 0 Å². The summed E-state index contributed by atoms with van der Waals surface area (Å²) in [6.45, 7) is 10.5. The maximum absolute atomic E-state index is 11.9. The van der Waals surface area contributed by atoms with Gasteiger partial charge < -0.3 is 14.2 Å². The molecule has 22 heavy (non-hydrogen) atoms. The van der Waals surface area contributed by atoms with Crippen molar-refractivity contribution in [3.63, 3.8) is 0 Å². The van der Waals surface area contributed by atoms with Crippen LogP contribution in [0.15, 0.2) is 11.3 Å². The fourth-order valence-corrected chi connectivity index (χ4v) is 3.90. The van der Waals surface area contributed by atoms with Gasteiger partial charge >= 0.3 is 5.97 Å². The number of esters is 1. The van der Waals surface area contributed by atoms with E-state index < -0.39 is 5.79 Å². The second-order valence-corrected chi connectivity index (χ2v) is 6.98. The molecule has 2 aliphatic heterocycles. The highest BCUT2D eigenvalue weighted by Gasteiger charge is 2.51. The van der Waals surface area contributed by atoms with Crippen LogP contribution in [0.5, 0.6) is 0 Å². The molecule has 0 aromatic rings. The average molecular weight is 310 g/mol. The molecule has 0 aliphatic carbocycles. The van der Waals surface area contributed by atoms with E-state index in [2.05, 4.69) is 27.7 Å². The van der Waals surface area contributed by atoms with Crippen LogP contribution in [0, 0.1) is 17.8 Å². The van der Waals surface area contributed by atoms with E-state index in [0.717, 1.165) is 31.4 Å². The molecule has 0 radical (unpaired) electrons. The lowest BCUT2D eigenvalue weighted by atomic mass is 9.77. The van der Waals surface area contributed by atoms with E-state index in [1.54, 1.807) is 0 Å². The van der Waals surface area contributed by atoms with Crippen molar-refractivity contribution in [3.8, 4) is 0 Å². The summed E-state index contributed by atoms with van der Waals surface area (Å²) < 4.78 is 17.7. The van der Waals surface area contributed by atoms with Gasteiger partial charge in [-0.15, -0.1) is 0 Å². The molecular formula is C18H30O4. The molecule has 0 bridgehead atoms. The van der Waals surface area contributed by atoms with E-state index in [4.69, 9.17) is 14.2 Å². The Morgan fingerprint density at radius 1 is 1.45 bits per heavy atom. The number of rotatable bonds is 3. The molecule has 5 atom stereocenters. The van der Waals surface area contributed by atoms with Crippen LogP contribution in [-0.2, 0) is 19.0 Å². The maximum atomic E-state index is 11.9. The van der Waals surface area contributed by atoms with Crippen LogP contribution >= 0.6 is 0 Å². The van der Waals surface area contributed by atoms with E-state index in [1.807, 2.05) is 6.92 Å². The van der Waals surface area contributed by atoms with E-state index in [1.165, 1.54) is 12.7 Å². The lowest BCUT2D eigenvalue weighted by Crippen LogP contribution is -2.55. The van der Waals surface area contributed by atoms with Crippen molar-refractivity contribution in [1.82, 2.24) is 0 Å². The molecule has 2 aliphatic rings. The van der Waals surface area contributed by atoms with Crippen LogP contribution < -0.4 is 0 Å². The van der Waals surface area contributed by atoms with E-state index in [9.17, 15) is 4.79 Å². The summed E-state index contributed by atoms with van der Waals surface area (Å²) in [6, 6.07) is 0. The number of hydrogen-bond donors (Lipinski definition) is 0. The zero-order valence-electron chi connectivity index (χ0n) is 14.8. The lowest BCUT2D eigenvalue weighted by Gasteiger charge is -2.51. The molecule has 0 amide bonds. The predicted molar refractivity (Wildman–Crippen MR) is 85.0 cm³/mol. The van der Waals surface area contributed by atoms with Gasteiger partial charge in [0, 0.05) is 18.8 Å². The Labute approximate surface area is 134 Å². The first kappa shape index (κ1) is 17.3. The monoisotopic (exact) mass is 310 g/mol. The van der Waals surface area contributed by atoms with Gasteiger partial charge in [0.05, 0.1) is 24.9 Å². The number of ether oxygens (including phenoxy) is 3. The Morgan fingerprint density at radius 2 is 2.14 bits per heavy atom. The van der Waals surface area contributed by atoms with E-state index in [0.29, 0.717) is 11.8 Å². The Hall–Kier alpha value is -1.03. The van der Waals surface area contributed by atoms with E-state index in [-0.39, 0.29) is 18.0 Å². The molecule has 0 saturated carbocycles. The third-order valence-electron chi connectivity index (χ3n) is 5.38. The second-order valence-electron chi connectivity index (χ2n) is 6.98. The quantitative estimate of drug-likeness (QED) is 0.738. The average Bonchev–Trinajstić information content (AvgIpc) is 2.51. The number of allylic oxidation sites excluding steroid dienone is 2. The SMILES string of the molecule is CCC1=C(C)CC[C@@]2(O1)O[C@H]([C@@H](C)C(=O)OC)[C@@H](C)C[C@@H]2C. The molecule has 2 heterocycles. The van der Waals surface area contributed by atoms with Crippen LogP contribution in [-0.4, -0.2) is 25.0 Å². The minimum Gasteiger partial charge on any atom is -0.469 e. The standard InChI is InChI=1S/C18H30O4/c1-7-15-11(2)8-9-18(21-15)13(4)10-12(3)16(22-18)14(5)17(19)20-6/h12-14,16H,7-10H2,1-6H3/t12-,13-,14+,16-,18+/m0/s1. The molecule has 4 nitrogen and oxygen atoms in total. The predicted octanol–water partition coefficient (Wildman–Crippen LogP) is 4.05. The van der Waals surface area contributed by atoms with Gasteiger partial charge in [0.2, 0.25) is 5.79 Å². The fourth-order valence-electron chi connectivity index (χ4n) is 3.90. The van der Waals surface area contributed by atoms with Crippen LogP contribution in [0.1, 0.15) is 60.3 Å². The third kappa shape index (κ3) is 3.03. The minimum absolute atomic E-state index is 0.153. The van der Waals surface area contributed by atoms with Crippen molar-refractivity contribution in [2.75, 3.05) is 7.11 Å². The van der Waals surface area contributed by atoms with Gasteiger partial charge in [-0.1, -0.05) is 20.8 Å². The van der Waals surface area contributed by atoms with Crippen molar-refractivity contribution < 1.29 is 19.0 Å². The zero-order chi connectivity index (χ0) is 16.5. The molecule has 126 valence electrons. The molecule has 2 rings (SSSR count). The first-order valence-electron chi connectivity index (χ1n) is 8.47. The summed E-state index contributed by atoms with van der Waals surface area (Å²) in [5.74, 6) is 0.625. The lowest BCUT2D eigenvalue weighted by molar-refractivity contribution is -0.314. The molecule has 4 heteroatoms. The first-order valence-corrected chi connectivity index (χ1v) is 8.47. The number of carbonyl (C=O) groups excluding carboxylic acids is 1. The summed E-state index contributed by atoms with van der Waals surface area (Å²) in [5.41, 5.74) is 1.32. The van der Waals surface area contributed by atoms with Gasteiger partial charge in [0.15, 0.2) is 0 Å². The Morgan fingerprint density at radius 3 is 2.73 bits per heavy atom. The third-order valence-corrected chi connectivity index (χ3v) is 5.38. The Bertz CT molecular complexity index is 456. The van der Waals surface area contributed by atoms with Crippen molar-refractivity contribution in [3.05, 3.63) is 11.3 Å². The molecule has 0 unspecified atom stereocenters. The number of carbonyl (C=O) groups is 1.